The van der Waals surface area contributed by atoms with Gasteiger partial charge in [0.1, 0.15) is 6.23 Å². The summed E-state index contributed by atoms with van der Waals surface area (Å²) in [6.07, 6.45) is 0.0755. The van der Waals surface area contributed by atoms with Gasteiger partial charge in [-0.3, -0.25) is 9.80 Å². The molecule has 0 saturated carbocycles. The lowest BCUT2D eigenvalue weighted by atomic mass is 9.95. The molecule has 2 aliphatic heterocycles. The fourth-order valence-corrected chi connectivity index (χ4v) is 4.47. The van der Waals surface area contributed by atoms with Crippen molar-refractivity contribution in [1.29, 1.82) is 0 Å². The lowest BCUT2D eigenvalue weighted by molar-refractivity contribution is -0.134. The number of ether oxygens (including phenoxy) is 1. The molecule has 4 rings (SSSR count). The zero-order chi connectivity index (χ0) is 16.5. The van der Waals surface area contributed by atoms with Crippen molar-refractivity contribution in [2.24, 2.45) is 5.92 Å². The normalized spacial score (nSPS) is 31.1. The number of likely N-dealkylation sites (N-methyl/N-ethyl adjacent to an activating group) is 1. The lowest BCUT2D eigenvalue weighted by Gasteiger charge is -2.42. The summed E-state index contributed by atoms with van der Waals surface area (Å²) in [4.78, 5) is 5.05. The van der Waals surface area contributed by atoms with Gasteiger partial charge in [0.25, 0.3) is 0 Å². The van der Waals surface area contributed by atoms with Gasteiger partial charge in [-0.25, -0.2) is 0 Å². The van der Waals surface area contributed by atoms with E-state index in [1.54, 1.807) is 0 Å². The summed E-state index contributed by atoms with van der Waals surface area (Å²) in [5.74, 6) is 0.591. The Kier molecular flexibility index (Phi) is 4.40. The third-order valence-corrected chi connectivity index (χ3v) is 5.64. The summed E-state index contributed by atoms with van der Waals surface area (Å²) in [6, 6.07) is 22.5. The van der Waals surface area contributed by atoms with Crippen LogP contribution >= 0.6 is 0 Å². The molecule has 0 radical (unpaired) electrons. The third-order valence-electron chi connectivity index (χ3n) is 5.64. The van der Waals surface area contributed by atoms with Gasteiger partial charge in [0, 0.05) is 31.1 Å². The molecule has 0 aliphatic carbocycles. The van der Waals surface area contributed by atoms with Crippen molar-refractivity contribution in [3.63, 3.8) is 0 Å². The first-order chi connectivity index (χ1) is 11.7. The van der Waals surface area contributed by atoms with Crippen LogP contribution in [0.3, 0.4) is 0 Å². The van der Waals surface area contributed by atoms with Crippen molar-refractivity contribution < 1.29 is 4.74 Å². The average molecular weight is 322 g/mol. The molecule has 2 aromatic carbocycles. The molecular formula is C21H26N2O. The minimum Gasteiger partial charge on any atom is -0.358 e. The van der Waals surface area contributed by atoms with Crippen LogP contribution in [0.5, 0.6) is 0 Å². The van der Waals surface area contributed by atoms with E-state index in [1.807, 2.05) is 0 Å². The molecule has 3 nitrogen and oxygen atoms in total. The van der Waals surface area contributed by atoms with Crippen LogP contribution in [-0.4, -0.2) is 42.1 Å². The van der Waals surface area contributed by atoms with Crippen LogP contribution in [0, 0.1) is 5.92 Å². The van der Waals surface area contributed by atoms with Crippen LogP contribution in [-0.2, 0) is 11.3 Å². The van der Waals surface area contributed by atoms with Crippen molar-refractivity contribution in [1.82, 2.24) is 9.80 Å². The van der Waals surface area contributed by atoms with Gasteiger partial charge in [-0.15, -0.1) is 0 Å². The summed E-state index contributed by atoms with van der Waals surface area (Å²) in [5, 5.41) is 0. The number of rotatable bonds is 3. The summed E-state index contributed by atoms with van der Waals surface area (Å²) < 4.78 is 6.24. The van der Waals surface area contributed by atoms with Crippen LogP contribution in [0.2, 0.25) is 0 Å². The quantitative estimate of drug-likeness (QED) is 0.860. The summed E-state index contributed by atoms with van der Waals surface area (Å²) in [6.45, 7) is 5.37. The SMILES string of the molecule is C[C@H]1[C@H]2[C@H](CO[C@H](c3ccccc3)N2C)CN1Cc1ccccc1. The molecule has 0 N–H and O–H groups in total. The first-order valence-corrected chi connectivity index (χ1v) is 8.90. The van der Waals surface area contributed by atoms with Crippen LogP contribution in [0.1, 0.15) is 24.3 Å². The molecule has 0 amide bonds. The lowest BCUT2D eigenvalue weighted by Crippen LogP contribution is -2.50. The van der Waals surface area contributed by atoms with Gasteiger partial charge < -0.3 is 4.74 Å². The van der Waals surface area contributed by atoms with Crippen molar-refractivity contribution in [3.05, 3.63) is 71.8 Å². The second kappa shape index (κ2) is 6.67. The Labute approximate surface area is 144 Å². The minimum atomic E-state index is 0.0755. The molecule has 0 unspecified atom stereocenters. The van der Waals surface area contributed by atoms with Gasteiger partial charge in [-0.1, -0.05) is 60.7 Å². The molecule has 2 aliphatic rings. The highest BCUT2D eigenvalue weighted by molar-refractivity contribution is 5.19. The third kappa shape index (κ3) is 2.88. The van der Waals surface area contributed by atoms with E-state index in [2.05, 4.69) is 84.4 Å². The second-order valence-electron chi connectivity index (χ2n) is 7.17. The molecule has 0 spiro atoms. The van der Waals surface area contributed by atoms with E-state index in [1.165, 1.54) is 11.1 Å². The van der Waals surface area contributed by atoms with Crippen LogP contribution < -0.4 is 0 Å². The molecule has 126 valence electrons. The van der Waals surface area contributed by atoms with Gasteiger partial charge in [-0.2, -0.15) is 0 Å². The van der Waals surface area contributed by atoms with E-state index >= 15 is 0 Å². The predicted molar refractivity (Wildman–Crippen MR) is 96.5 cm³/mol. The fourth-order valence-electron chi connectivity index (χ4n) is 4.47. The highest BCUT2D eigenvalue weighted by Gasteiger charge is 2.46. The smallest absolute Gasteiger partial charge is 0.136 e. The maximum Gasteiger partial charge on any atom is 0.136 e. The molecule has 2 heterocycles. The van der Waals surface area contributed by atoms with Gasteiger partial charge in [-0.05, 0) is 25.1 Å². The summed E-state index contributed by atoms with van der Waals surface area (Å²) in [5.41, 5.74) is 2.65. The molecule has 24 heavy (non-hydrogen) atoms. The van der Waals surface area contributed by atoms with Crippen molar-refractivity contribution in [2.45, 2.75) is 31.8 Å². The predicted octanol–water partition coefficient (Wildman–Crippen LogP) is 3.54. The number of hydrogen-bond acceptors (Lipinski definition) is 3. The van der Waals surface area contributed by atoms with Gasteiger partial charge in [0.05, 0.1) is 6.61 Å². The number of fused-ring (bicyclic) bond motifs is 1. The molecule has 4 atom stereocenters. The van der Waals surface area contributed by atoms with Crippen LogP contribution in [0.25, 0.3) is 0 Å². The highest BCUT2D eigenvalue weighted by atomic mass is 16.5. The minimum absolute atomic E-state index is 0.0755. The summed E-state index contributed by atoms with van der Waals surface area (Å²) >= 11 is 0. The molecule has 0 bridgehead atoms. The van der Waals surface area contributed by atoms with Crippen molar-refractivity contribution >= 4 is 0 Å². The first-order valence-electron chi connectivity index (χ1n) is 8.90. The number of likely N-dealkylation sites (tertiary alicyclic amines) is 1. The summed E-state index contributed by atoms with van der Waals surface area (Å²) in [7, 11) is 2.22. The Bertz CT molecular complexity index is 660. The first kappa shape index (κ1) is 15.8. The average Bonchev–Trinajstić information content (AvgIpc) is 2.93. The Morgan fingerprint density at radius 3 is 2.38 bits per heavy atom. The van der Waals surface area contributed by atoms with Gasteiger partial charge in [0.2, 0.25) is 0 Å². The van der Waals surface area contributed by atoms with E-state index in [4.69, 9.17) is 4.74 Å². The Morgan fingerprint density at radius 1 is 1.00 bits per heavy atom. The number of hydrogen-bond donors (Lipinski definition) is 0. The van der Waals surface area contributed by atoms with E-state index in [0.29, 0.717) is 18.0 Å². The van der Waals surface area contributed by atoms with Gasteiger partial charge >= 0.3 is 0 Å². The Hall–Kier alpha value is -1.68. The fraction of sp³-hybridized carbons (Fsp3) is 0.429. The van der Waals surface area contributed by atoms with E-state index < -0.39 is 0 Å². The second-order valence-corrected chi connectivity index (χ2v) is 7.17. The highest BCUT2D eigenvalue weighted by Crippen LogP contribution is 2.38. The Balaban J connectivity index is 1.51. The standard InChI is InChI=1S/C21H26N2O/c1-16-20-19(14-23(16)13-17-9-5-3-6-10-17)15-24-21(22(20)2)18-11-7-4-8-12-18/h3-12,16,19-21H,13-15H2,1-2H3/t16-,19-,20-,21+/m0/s1. The van der Waals surface area contributed by atoms with Gasteiger partial charge in [0.15, 0.2) is 0 Å². The molecule has 3 heteroatoms. The Morgan fingerprint density at radius 2 is 1.67 bits per heavy atom. The molecule has 0 aromatic heterocycles. The van der Waals surface area contributed by atoms with E-state index in [0.717, 1.165) is 19.7 Å². The molecule has 2 fully saturated rings. The topological polar surface area (TPSA) is 15.7 Å². The number of benzene rings is 2. The zero-order valence-corrected chi connectivity index (χ0v) is 14.5. The maximum atomic E-state index is 6.24. The van der Waals surface area contributed by atoms with Crippen LogP contribution in [0.4, 0.5) is 0 Å². The van der Waals surface area contributed by atoms with E-state index in [9.17, 15) is 0 Å². The maximum absolute atomic E-state index is 6.24. The van der Waals surface area contributed by atoms with Crippen molar-refractivity contribution in [3.8, 4) is 0 Å². The molecular weight excluding hydrogens is 296 g/mol. The largest absolute Gasteiger partial charge is 0.358 e. The number of nitrogens with zero attached hydrogens (tertiary/aromatic N) is 2. The monoisotopic (exact) mass is 322 g/mol. The molecule has 2 aromatic rings. The van der Waals surface area contributed by atoms with Crippen LogP contribution in [0.15, 0.2) is 60.7 Å². The van der Waals surface area contributed by atoms with E-state index in [-0.39, 0.29) is 6.23 Å². The molecule has 2 saturated heterocycles. The zero-order valence-electron chi connectivity index (χ0n) is 14.5. The van der Waals surface area contributed by atoms with Crippen molar-refractivity contribution in [2.75, 3.05) is 20.2 Å².